The van der Waals surface area contributed by atoms with Gasteiger partial charge in [0.05, 0.1) is 0 Å². The first-order chi connectivity index (χ1) is 24.3. The average Bonchev–Trinajstić information content (AvgIpc) is 3.57. The molecule has 0 saturated heterocycles. The van der Waals surface area contributed by atoms with Gasteiger partial charge in [-0.3, -0.25) is 0 Å². The molecule has 0 unspecified atom stereocenters. The van der Waals surface area contributed by atoms with Gasteiger partial charge in [-0.2, -0.15) is 0 Å². The molecular formula is C47H29NO. The number of pyridine rings is 1. The van der Waals surface area contributed by atoms with Crippen molar-refractivity contribution in [3.05, 3.63) is 176 Å². The van der Waals surface area contributed by atoms with Crippen molar-refractivity contribution in [1.29, 1.82) is 0 Å². The first-order valence-electron chi connectivity index (χ1n) is 16.7. The molecule has 2 heterocycles. The van der Waals surface area contributed by atoms with Gasteiger partial charge in [-0.1, -0.05) is 133 Å². The molecule has 10 aromatic rings. The van der Waals surface area contributed by atoms with Crippen LogP contribution in [0.4, 0.5) is 0 Å². The van der Waals surface area contributed by atoms with E-state index < -0.39 is 0 Å². The number of hydrogen-bond donors (Lipinski definition) is 0. The fraction of sp³-hybridized carbons (Fsp3) is 0. The number of fused-ring (bicyclic) bond motifs is 9. The van der Waals surface area contributed by atoms with E-state index in [0.717, 1.165) is 33.0 Å². The summed E-state index contributed by atoms with van der Waals surface area (Å²) < 4.78 is 6.26. The monoisotopic (exact) mass is 623 g/mol. The second-order valence-corrected chi connectivity index (χ2v) is 12.7. The molecule has 0 amide bonds. The Bertz CT molecular complexity index is 2860. The van der Waals surface area contributed by atoms with Gasteiger partial charge in [0, 0.05) is 22.5 Å². The number of furan rings is 1. The Morgan fingerprint density at radius 3 is 1.37 bits per heavy atom. The zero-order chi connectivity index (χ0) is 32.3. The van der Waals surface area contributed by atoms with Gasteiger partial charge in [0.15, 0.2) is 0 Å². The highest BCUT2D eigenvalue weighted by Gasteiger charge is 2.14. The molecule has 49 heavy (non-hydrogen) atoms. The third kappa shape index (κ3) is 4.53. The zero-order valence-corrected chi connectivity index (χ0v) is 26.6. The Labute approximate surface area is 283 Å². The number of nitrogens with zero attached hydrogens (tertiary/aromatic N) is 1. The summed E-state index contributed by atoms with van der Waals surface area (Å²) >= 11 is 0. The molecule has 0 N–H and O–H groups in total. The van der Waals surface area contributed by atoms with E-state index in [9.17, 15) is 0 Å². The van der Waals surface area contributed by atoms with E-state index in [4.69, 9.17) is 4.42 Å². The van der Waals surface area contributed by atoms with Crippen LogP contribution in [-0.4, -0.2) is 4.98 Å². The van der Waals surface area contributed by atoms with Crippen LogP contribution in [0.1, 0.15) is 0 Å². The van der Waals surface area contributed by atoms with E-state index in [1.807, 2.05) is 6.07 Å². The van der Waals surface area contributed by atoms with Gasteiger partial charge < -0.3 is 4.42 Å². The first kappa shape index (κ1) is 27.6. The summed E-state index contributed by atoms with van der Waals surface area (Å²) in [7, 11) is 0. The minimum absolute atomic E-state index is 0.668. The van der Waals surface area contributed by atoms with Gasteiger partial charge in [-0.05, 0) is 108 Å². The van der Waals surface area contributed by atoms with Crippen LogP contribution in [0.15, 0.2) is 180 Å². The molecule has 0 aliphatic carbocycles. The van der Waals surface area contributed by atoms with E-state index >= 15 is 0 Å². The Kier molecular flexibility index (Phi) is 6.22. The molecule has 0 aliphatic rings. The van der Waals surface area contributed by atoms with Gasteiger partial charge in [0.25, 0.3) is 0 Å². The normalized spacial score (nSPS) is 11.7. The lowest BCUT2D eigenvalue weighted by Crippen LogP contribution is -1.86. The van der Waals surface area contributed by atoms with E-state index in [1.54, 1.807) is 6.20 Å². The van der Waals surface area contributed by atoms with Crippen molar-refractivity contribution in [1.82, 2.24) is 4.98 Å². The molecule has 228 valence electrons. The van der Waals surface area contributed by atoms with Gasteiger partial charge in [-0.25, -0.2) is 4.98 Å². The quantitative estimate of drug-likeness (QED) is 0.182. The molecular weight excluding hydrogens is 595 g/mol. The van der Waals surface area contributed by atoms with Crippen molar-refractivity contribution in [2.24, 2.45) is 0 Å². The van der Waals surface area contributed by atoms with E-state index in [2.05, 4.69) is 169 Å². The topological polar surface area (TPSA) is 26.0 Å². The third-order valence-electron chi connectivity index (χ3n) is 9.92. The van der Waals surface area contributed by atoms with Crippen molar-refractivity contribution in [3.8, 4) is 44.5 Å². The van der Waals surface area contributed by atoms with Crippen molar-refractivity contribution >= 4 is 54.4 Å². The molecule has 0 bridgehead atoms. The fourth-order valence-electron chi connectivity index (χ4n) is 7.57. The highest BCUT2D eigenvalue weighted by Crippen LogP contribution is 2.39. The van der Waals surface area contributed by atoms with Crippen molar-refractivity contribution in [2.75, 3.05) is 0 Å². The lowest BCUT2D eigenvalue weighted by Gasteiger charge is -2.13. The second kappa shape index (κ2) is 11.0. The molecule has 0 radical (unpaired) electrons. The van der Waals surface area contributed by atoms with E-state index in [-0.39, 0.29) is 0 Å². The first-order valence-corrected chi connectivity index (χ1v) is 16.7. The van der Waals surface area contributed by atoms with Gasteiger partial charge >= 0.3 is 0 Å². The van der Waals surface area contributed by atoms with E-state index in [0.29, 0.717) is 5.71 Å². The lowest BCUT2D eigenvalue weighted by molar-refractivity contribution is 0.655. The maximum Gasteiger partial charge on any atom is 0.227 e. The Balaban J connectivity index is 1.04. The van der Waals surface area contributed by atoms with Crippen LogP contribution in [0, 0.1) is 0 Å². The maximum absolute atomic E-state index is 6.26. The SMILES string of the molecule is c1cc(-c2cccc(-c3ccc4c5ccccc5c5ccccc5c4c3)c2)cc(-c2cccc(-c3cccc4c3oc3ncccc34)c2)c1. The number of benzene rings is 8. The van der Waals surface area contributed by atoms with Gasteiger partial charge in [0.2, 0.25) is 5.71 Å². The number of hydrogen-bond acceptors (Lipinski definition) is 2. The number of aromatic nitrogens is 1. The minimum Gasteiger partial charge on any atom is -0.437 e. The highest BCUT2D eigenvalue weighted by atomic mass is 16.3. The summed E-state index contributed by atoms with van der Waals surface area (Å²) in [6.07, 6.45) is 1.78. The van der Waals surface area contributed by atoms with Crippen molar-refractivity contribution in [2.45, 2.75) is 0 Å². The molecule has 10 rings (SSSR count). The Morgan fingerprint density at radius 1 is 0.306 bits per heavy atom. The summed E-state index contributed by atoms with van der Waals surface area (Å²) in [5.74, 6) is 0. The summed E-state index contributed by atoms with van der Waals surface area (Å²) in [6.45, 7) is 0. The van der Waals surface area contributed by atoms with Crippen LogP contribution in [0.5, 0.6) is 0 Å². The lowest BCUT2D eigenvalue weighted by atomic mass is 9.91. The second-order valence-electron chi connectivity index (χ2n) is 12.7. The molecule has 0 spiro atoms. The highest BCUT2D eigenvalue weighted by molar-refractivity contribution is 6.25. The predicted molar refractivity (Wildman–Crippen MR) is 206 cm³/mol. The summed E-state index contributed by atoms with van der Waals surface area (Å²) in [5, 5.41) is 9.88. The van der Waals surface area contributed by atoms with E-state index in [1.165, 1.54) is 60.1 Å². The standard InChI is InChI=1S/C47H29NO/c1-2-18-40-38(16-1)39-17-3-4-19-41(39)45-29-35(23-24-42(40)45)33-13-6-11-31(27-33)30-10-5-12-32(26-30)34-14-7-15-36(28-34)37-20-8-21-43-44-22-9-25-48-47(44)49-46(37)43/h1-29H. The Morgan fingerprint density at radius 2 is 0.755 bits per heavy atom. The van der Waals surface area contributed by atoms with Crippen LogP contribution in [0.2, 0.25) is 0 Å². The largest absolute Gasteiger partial charge is 0.437 e. The molecule has 2 nitrogen and oxygen atoms in total. The summed E-state index contributed by atoms with van der Waals surface area (Å²) in [6, 6.07) is 61.3. The van der Waals surface area contributed by atoms with Crippen LogP contribution in [0.25, 0.3) is 98.9 Å². The summed E-state index contributed by atoms with van der Waals surface area (Å²) in [5.41, 5.74) is 10.9. The van der Waals surface area contributed by atoms with Gasteiger partial charge in [0.1, 0.15) is 5.58 Å². The molecule has 0 fully saturated rings. The molecule has 2 aromatic heterocycles. The van der Waals surface area contributed by atoms with Crippen molar-refractivity contribution < 1.29 is 4.42 Å². The van der Waals surface area contributed by atoms with Gasteiger partial charge in [-0.15, -0.1) is 0 Å². The molecule has 0 aliphatic heterocycles. The Hall–Kier alpha value is -6.51. The number of para-hydroxylation sites is 1. The maximum atomic E-state index is 6.26. The summed E-state index contributed by atoms with van der Waals surface area (Å²) in [4.78, 5) is 4.45. The van der Waals surface area contributed by atoms with Crippen LogP contribution >= 0.6 is 0 Å². The molecule has 2 heteroatoms. The smallest absolute Gasteiger partial charge is 0.227 e. The molecule has 0 saturated carbocycles. The van der Waals surface area contributed by atoms with Crippen molar-refractivity contribution in [3.63, 3.8) is 0 Å². The molecule has 0 atom stereocenters. The zero-order valence-electron chi connectivity index (χ0n) is 26.6. The third-order valence-corrected chi connectivity index (χ3v) is 9.92. The van der Waals surface area contributed by atoms with Crippen LogP contribution in [0.3, 0.4) is 0 Å². The van der Waals surface area contributed by atoms with Crippen LogP contribution in [-0.2, 0) is 0 Å². The average molecular weight is 624 g/mol. The minimum atomic E-state index is 0.668. The predicted octanol–water partition coefficient (Wildman–Crippen LogP) is 13.1. The molecule has 8 aromatic carbocycles. The number of rotatable bonds is 4. The van der Waals surface area contributed by atoms with Crippen LogP contribution < -0.4 is 0 Å². The fourth-order valence-corrected chi connectivity index (χ4v) is 7.57.